The van der Waals surface area contributed by atoms with Crippen LogP contribution in [0.2, 0.25) is 0 Å². The number of carbonyl (C=O) groups is 4. The highest BCUT2D eigenvalue weighted by atomic mass is 19.4. The van der Waals surface area contributed by atoms with Gasteiger partial charge in [-0.2, -0.15) is 13.2 Å². The van der Waals surface area contributed by atoms with E-state index >= 15 is 0 Å². The molecule has 3 N–H and O–H groups in total. The number of hydrogen-bond donors (Lipinski definition) is 3. The topological polar surface area (TPSA) is 132 Å². The first-order valence-electron chi connectivity index (χ1n) is 15.9. The summed E-state index contributed by atoms with van der Waals surface area (Å²) in [6.07, 6.45) is -4.68. The highest BCUT2D eigenvalue weighted by molar-refractivity contribution is 6.11. The lowest BCUT2D eigenvalue weighted by molar-refractivity contribution is -0.150. The minimum absolute atomic E-state index is 0.118. The van der Waals surface area contributed by atoms with Crippen LogP contribution < -0.4 is 16.0 Å². The van der Waals surface area contributed by atoms with Crippen LogP contribution in [0.4, 0.5) is 18.9 Å². The molecular weight excluding hydrogens is 667 g/mol. The second-order valence-electron chi connectivity index (χ2n) is 11.4. The molecule has 0 saturated heterocycles. The maximum atomic E-state index is 13.6. The smallest absolute Gasteiger partial charge is 0.416 e. The van der Waals surface area contributed by atoms with E-state index in [1.54, 1.807) is 78.9 Å². The molecule has 51 heavy (non-hydrogen) atoms. The van der Waals surface area contributed by atoms with E-state index in [0.29, 0.717) is 27.9 Å². The molecule has 0 unspecified atom stereocenters. The van der Waals surface area contributed by atoms with Gasteiger partial charge in [0.25, 0.3) is 5.91 Å². The number of halogens is 3. The molecule has 0 radical (unpaired) electrons. The minimum atomic E-state index is -4.48. The Morgan fingerprint density at radius 3 is 1.80 bits per heavy atom. The van der Waals surface area contributed by atoms with Crippen LogP contribution in [0.25, 0.3) is 11.1 Å². The molecule has 0 aliphatic rings. The third-order valence-corrected chi connectivity index (χ3v) is 7.93. The van der Waals surface area contributed by atoms with Gasteiger partial charge in [0.15, 0.2) is 5.41 Å². The Morgan fingerprint density at radius 1 is 0.667 bits per heavy atom. The van der Waals surface area contributed by atoms with Crippen LogP contribution in [0, 0.1) is 0 Å². The van der Waals surface area contributed by atoms with Gasteiger partial charge in [-0.15, -0.1) is 0 Å². The van der Waals surface area contributed by atoms with Gasteiger partial charge < -0.3 is 30.2 Å². The van der Waals surface area contributed by atoms with Crippen molar-refractivity contribution in [1.29, 1.82) is 0 Å². The zero-order valence-corrected chi connectivity index (χ0v) is 28.0. The van der Waals surface area contributed by atoms with Crippen LogP contribution in [0.3, 0.4) is 0 Å². The largest absolute Gasteiger partial charge is 0.463 e. The molecule has 0 aromatic heterocycles. The standard InChI is InChI=1S/C38H38F3N3O7/c1-49-22-20-42-35(47)37(28-8-4-3-5-9-28,36(48)43-21-23-50-2)25-51-33(45)24-26-12-18-30(19-13-26)44-34(46)32-11-7-6-10-31(32)27-14-16-29(17-15-27)38(39,40)41/h3-19H,20-25H2,1-2H3,(H,42,47)(H,43,48)(H,44,46). The lowest BCUT2D eigenvalue weighted by Crippen LogP contribution is -2.58. The van der Waals surface area contributed by atoms with Crippen molar-refractivity contribution in [3.8, 4) is 11.1 Å². The highest BCUT2D eigenvalue weighted by Gasteiger charge is 2.49. The summed E-state index contributed by atoms with van der Waals surface area (Å²) in [5.41, 5.74) is -0.298. The summed E-state index contributed by atoms with van der Waals surface area (Å²) < 4.78 is 54.8. The van der Waals surface area contributed by atoms with Gasteiger partial charge in [0.2, 0.25) is 11.8 Å². The first kappa shape index (κ1) is 38.3. The molecule has 3 amide bonds. The van der Waals surface area contributed by atoms with Crippen molar-refractivity contribution in [3.05, 3.63) is 125 Å². The quantitative estimate of drug-likeness (QED) is 0.0833. The molecule has 0 aliphatic carbocycles. The Hall–Kier alpha value is -5.53. The van der Waals surface area contributed by atoms with Crippen molar-refractivity contribution in [3.63, 3.8) is 0 Å². The Balaban J connectivity index is 1.46. The van der Waals surface area contributed by atoms with E-state index in [2.05, 4.69) is 16.0 Å². The zero-order chi connectivity index (χ0) is 36.9. The zero-order valence-electron chi connectivity index (χ0n) is 28.0. The number of anilines is 1. The first-order valence-corrected chi connectivity index (χ1v) is 15.9. The molecule has 0 heterocycles. The van der Waals surface area contributed by atoms with Crippen LogP contribution >= 0.6 is 0 Å². The lowest BCUT2D eigenvalue weighted by Gasteiger charge is -2.31. The van der Waals surface area contributed by atoms with Gasteiger partial charge in [0, 0.05) is 38.6 Å². The monoisotopic (exact) mass is 705 g/mol. The van der Waals surface area contributed by atoms with Crippen LogP contribution in [0.1, 0.15) is 27.0 Å². The van der Waals surface area contributed by atoms with Crippen molar-refractivity contribution in [2.24, 2.45) is 0 Å². The predicted molar refractivity (Wildman–Crippen MR) is 184 cm³/mol. The maximum Gasteiger partial charge on any atom is 0.416 e. The van der Waals surface area contributed by atoms with Crippen molar-refractivity contribution in [2.45, 2.75) is 18.0 Å². The SMILES string of the molecule is COCCNC(=O)C(COC(=O)Cc1ccc(NC(=O)c2ccccc2-c2ccc(C(F)(F)F)cc2)cc1)(C(=O)NCCOC)c1ccccc1. The van der Waals surface area contributed by atoms with Crippen molar-refractivity contribution in [1.82, 2.24) is 10.6 Å². The third-order valence-electron chi connectivity index (χ3n) is 7.93. The number of amides is 3. The van der Waals surface area contributed by atoms with Crippen molar-refractivity contribution >= 4 is 29.4 Å². The summed E-state index contributed by atoms with van der Waals surface area (Å²) in [5, 5.41) is 8.17. The Morgan fingerprint density at radius 2 is 1.24 bits per heavy atom. The molecule has 4 rings (SSSR count). The second kappa shape index (κ2) is 17.9. The van der Waals surface area contributed by atoms with Gasteiger partial charge in [0.05, 0.1) is 25.2 Å². The van der Waals surface area contributed by atoms with Crippen LogP contribution in [0.5, 0.6) is 0 Å². The molecule has 10 nitrogen and oxygen atoms in total. The Kier molecular flexibility index (Phi) is 13.5. The number of nitrogens with one attached hydrogen (secondary N) is 3. The van der Waals surface area contributed by atoms with Gasteiger partial charge in [-0.25, -0.2) is 0 Å². The van der Waals surface area contributed by atoms with Crippen LogP contribution in [0.15, 0.2) is 103 Å². The summed E-state index contributed by atoms with van der Waals surface area (Å²) >= 11 is 0. The lowest BCUT2D eigenvalue weighted by atomic mass is 9.79. The first-order chi connectivity index (χ1) is 24.5. The molecule has 13 heteroatoms. The summed E-state index contributed by atoms with van der Waals surface area (Å²) in [4.78, 5) is 53.6. The molecule has 0 saturated carbocycles. The fraction of sp³-hybridized carbons (Fsp3) is 0.263. The predicted octanol–water partition coefficient (Wildman–Crippen LogP) is 5.17. The molecule has 0 atom stereocenters. The van der Waals surface area contributed by atoms with E-state index in [0.717, 1.165) is 12.1 Å². The summed E-state index contributed by atoms with van der Waals surface area (Å²) in [6, 6.07) is 25.8. The van der Waals surface area contributed by atoms with E-state index in [4.69, 9.17) is 14.2 Å². The molecule has 268 valence electrons. The Labute approximate surface area is 293 Å². The molecular formula is C38H38F3N3O7. The maximum absolute atomic E-state index is 13.6. The van der Waals surface area contributed by atoms with Crippen molar-refractivity contribution < 1.29 is 46.6 Å². The minimum Gasteiger partial charge on any atom is -0.463 e. The number of esters is 1. The van der Waals surface area contributed by atoms with Crippen molar-refractivity contribution in [2.75, 3.05) is 52.4 Å². The molecule has 0 spiro atoms. The van der Waals surface area contributed by atoms with E-state index in [1.165, 1.54) is 26.4 Å². The molecule has 4 aromatic rings. The number of rotatable bonds is 16. The van der Waals surface area contributed by atoms with Gasteiger partial charge in [0.1, 0.15) is 6.61 Å². The average Bonchev–Trinajstić information content (AvgIpc) is 3.13. The molecule has 4 aromatic carbocycles. The van der Waals surface area contributed by atoms with E-state index in [1.807, 2.05) is 0 Å². The average molecular weight is 706 g/mol. The molecule has 0 fully saturated rings. The van der Waals surface area contributed by atoms with E-state index in [-0.39, 0.29) is 38.3 Å². The number of benzene rings is 4. The van der Waals surface area contributed by atoms with Gasteiger partial charge in [-0.05, 0) is 52.6 Å². The summed E-state index contributed by atoms with van der Waals surface area (Å²) in [6.45, 7) is 0.0487. The van der Waals surface area contributed by atoms with Crippen LogP contribution in [-0.4, -0.2) is 70.8 Å². The third kappa shape index (κ3) is 10.0. The number of hydrogen-bond acceptors (Lipinski definition) is 7. The summed E-state index contributed by atoms with van der Waals surface area (Å²) in [5.74, 6) is -2.53. The Bertz CT molecular complexity index is 1760. The number of carbonyl (C=O) groups excluding carboxylic acids is 4. The molecule has 0 aliphatic heterocycles. The normalized spacial score (nSPS) is 11.4. The molecule has 0 bridgehead atoms. The van der Waals surface area contributed by atoms with Crippen LogP contribution in [-0.2, 0) is 46.6 Å². The fourth-order valence-corrected chi connectivity index (χ4v) is 5.22. The number of ether oxygens (including phenoxy) is 3. The fourth-order valence-electron chi connectivity index (χ4n) is 5.22. The number of methoxy groups -OCH3 is 2. The van der Waals surface area contributed by atoms with Gasteiger partial charge >= 0.3 is 12.1 Å². The second-order valence-corrected chi connectivity index (χ2v) is 11.4. The number of alkyl halides is 3. The highest BCUT2D eigenvalue weighted by Crippen LogP contribution is 2.32. The van der Waals surface area contributed by atoms with E-state index in [9.17, 15) is 32.3 Å². The van der Waals surface area contributed by atoms with E-state index < -0.39 is 47.5 Å². The summed E-state index contributed by atoms with van der Waals surface area (Å²) in [7, 11) is 2.95. The van der Waals surface area contributed by atoms with Gasteiger partial charge in [-0.1, -0.05) is 72.8 Å². The van der Waals surface area contributed by atoms with Gasteiger partial charge in [-0.3, -0.25) is 19.2 Å².